The van der Waals surface area contributed by atoms with Crippen molar-refractivity contribution in [3.63, 3.8) is 0 Å². The van der Waals surface area contributed by atoms with Gasteiger partial charge in [0.2, 0.25) is 10.0 Å². The summed E-state index contributed by atoms with van der Waals surface area (Å²) in [6.07, 6.45) is 0.603. The van der Waals surface area contributed by atoms with E-state index in [0.717, 1.165) is 16.9 Å². The Morgan fingerprint density at radius 1 is 1.22 bits per heavy atom. The minimum absolute atomic E-state index is 0.236. The average molecular weight is 333 g/mol. The first kappa shape index (κ1) is 15.8. The summed E-state index contributed by atoms with van der Waals surface area (Å²) in [4.78, 5) is 0.236. The largest absolute Gasteiger partial charge is 0.496 e. The molecule has 0 saturated carbocycles. The van der Waals surface area contributed by atoms with E-state index in [1.165, 1.54) is 0 Å². The van der Waals surface area contributed by atoms with Crippen molar-refractivity contribution >= 4 is 10.0 Å². The van der Waals surface area contributed by atoms with E-state index in [9.17, 15) is 8.42 Å². The fraction of sp³-hybridized carbons (Fsp3) is 0.294. The van der Waals surface area contributed by atoms with Gasteiger partial charge in [-0.05, 0) is 36.8 Å². The van der Waals surface area contributed by atoms with Gasteiger partial charge < -0.3 is 9.47 Å². The van der Waals surface area contributed by atoms with Crippen molar-refractivity contribution in [1.82, 2.24) is 4.72 Å². The van der Waals surface area contributed by atoms with E-state index < -0.39 is 10.0 Å². The van der Waals surface area contributed by atoms with Crippen LogP contribution < -0.4 is 14.2 Å². The van der Waals surface area contributed by atoms with Crippen LogP contribution in [0.5, 0.6) is 11.5 Å². The van der Waals surface area contributed by atoms with Gasteiger partial charge in [0.15, 0.2) is 0 Å². The first-order valence-corrected chi connectivity index (χ1v) is 8.88. The zero-order valence-corrected chi connectivity index (χ0v) is 13.9. The topological polar surface area (TPSA) is 64.6 Å². The quantitative estimate of drug-likeness (QED) is 0.934. The van der Waals surface area contributed by atoms with Crippen LogP contribution in [0, 0.1) is 6.92 Å². The number of ether oxygens (including phenoxy) is 2. The number of para-hydroxylation sites is 1. The Kier molecular flexibility index (Phi) is 4.28. The van der Waals surface area contributed by atoms with Crippen LogP contribution in [-0.4, -0.2) is 22.1 Å². The summed E-state index contributed by atoms with van der Waals surface area (Å²) >= 11 is 0. The van der Waals surface area contributed by atoms with E-state index >= 15 is 0 Å². The maximum atomic E-state index is 12.7. The van der Waals surface area contributed by atoms with Gasteiger partial charge in [0.05, 0.1) is 24.7 Å². The summed E-state index contributed by atoms with van der Waals surface area (Å²) in [5, 5.41) is 0. The fourth-order valence-electron chi connectivity index (χ4n) is 2.74. The maximum absolute atomic E-state index is 12.7. The smallest absolute Gasteiger partial charge is 0.241 e. The van der Waals surface area contributed by atoms with Crippen LogP contribution in [0.4, 0.5) is 0 Å². The van der Waals surface area contributed by atoms with Gasteiger partial charge in [0.25, 0.3) is 0 Å². The van der Waals surface area contributed by atoms with E-state index in [4.69, 9.17) is 9.47 Å². The lowest BCUT2D eigenvalue weighted by Crippen LogP contribution is -2.32. The third-order valence-electron chi connectivity index (χ3n) is 3.93. The third kappa shape index (κ3) is 3.18. The summed E-state index contributed by atoms with van der Waals surface area (Å²) in [6.45, 7) is 2.31. The van der Waals surface area contributed by atoms with Crippen molar-refractivity contribution < 1.29 is 17.9 Å². The molecule has 0 spiro atoms. The Hall–Kier alpha value is -2.05. The van der Waals surface area contributed by atoms with Crippen molar-refractivity contribution in [2.75, 3.05) is 13.7 Å². The molecule has 0 aliphatic carbocycles. The molecule has 122 valence electrons. The van der Waals surface area contributed by atoms with Crippen molar-refractivity contribution in [1.29, 1.82) is 0 Å². The molecule has 2 aromatic rings. The van der Waals surface area contributed by atoms with Crippen LogP contribution >= 0.6 is 0 Å². The van der Waals surface area contributed by atoms with Gasteiger partial charge in [-0.2, -0.15) is 0 Å². The Morgan fingerprint density at radius 3 is 2.74 bits per heavy atom. The highest BCUT2D eigenvalue weighted by Crippen LogP contribution is 2.33. The molecule has 3 rings (SSSR count). The predicted molar refractivity (Wildman–Crippen MR) is 87.3 cm³/mol. The number of fused-ring (bicyclic) bond motifs is 1. The van der Waals surface area contributed by atoms with Gasteiger partial charge in [0, 0.05) is 12.0 Å². The number of methoxy groups -OCH3 is 1. The fourth-order valence-corrected chi connectivity index (χ4v) is 4.07. The second-order valence-corrected chi connectivity index (χ2v) is 7.19. The monoisotopic (exact) mass is 333 g/mol. The average Bonchev–Trinajstić information content (AvgIpc) is 2.55. The van der Waals surface area contributed by atoms with Crippen LogP contribution in [0.2, 0.25) is 0 Å². The Bertz CT molecular complexity index is 817. The highest BCUT2D eigenvalue weighted by Gasteiger charge is 2.26. The van der Waals surface area contributed by atoms with Crippen LogP contribution in [0.3, 0.4) is 0 Å². The van der Waals surface area contributed by atoms with Crippen LogP contribution in [0.15, 0.2) is 47.4 Å². The van der Waals surface area contributed by atoms with Crippen LogP contribution in [0.1, 0.15) is 23.6 Å². The van der Waals surface area contributed by atoms with Gasteiger partial charge in [-0.1, -0.05) is 18.2 Å². The highest BCUT2D eigenvalue weighted by atomic mass is 32.2. The molecule has 0 radical (unpaired) electrons. The Labute approximate surface area is 136 Å². The van der Waals surface area contributed by atoms with Gasteiger partial charge in [-0.15, -0.1) is 0 Å². The summed E-state index contributed by atoms with van der Waals surface area (Å²) in [7, 11) is -2.05. The van der Waals surface area contributed by atoms with Gasteiger partial charge in [-0.25, -0.2) is 13.1 Å². The number of aryl methyl sites for hydroxylation is 1. The molecular formula is C17H19NO4S. The SMILES string of the molecule is COc1ccc(S(=O)(=O)N[C@H]2CCOc3ccccc32)cc1C. The molecule has 6 heteroatoms. The van der Waals surface area contributed by atoms with E-state index in [2.05, 4.69) is 4.72 Å². The van der Waals surface area contributed by atoms with Crippen molar-refractivity contribution in [2.45, 2.75) is 24.3 Å². The Balaban J connectivity index is 1.89. The molecule has 23 heavy (non-hydrogen) atoms. The van der Waals surface area contributed by atoms with E-state index in [-0.39, 0.29) is 10.9 Å². The summed E-state index contributed by atoms with van der Waals surface area (Å²) < 4.78 is 38.9. The number of sulfonamides is 1. The number of hydrogen-bond acceptors (Lipinski definition) is 4. The zero-order chi connectivity index (χ0) is 16.4. The van der Waals surface area contributed by atoms with Gasteiger partial charge in [0.1, 0.15) is 11.5 Å². The summed E-state index contributed by atoms with van der Waals surface area (Å²) in [6, 6.07) is 12.1. The summed E-state index contributed by atoms with van der Waals surface area (Å²) in [5.74, 6) is 1.40. The molecule has 1 N–H and O–H groups in total. The Morgan fingerprint density at radius 2 is 2.00 bits per heavy atom. The second kappa shape index (κ2) is 6.22. The molecule has 2 aromatic carbocycles. The third-order valence-corrected chi connectivity index (χ3v) is 5.40. The lowest BCUT2D eigenvalue weighted by atomic mass is 10.0. The van der Waals surface area contributed by atoms with E-state index in [1.54, 1.807) is 25.3 Å². The molecule has 0 saturated heterocycles. The number of benzene rings is 2. The predicted octanol–water partition coefficient (Wildman–Crippen LogP) is 2.81. The number of rotatable bonds is 4. The second-order valence-electron chi connectivity index (χ2n) is 5.48. The minimum atomic E-state index is -3.61. The standard InChI is InChI=1S/C17H19NO4S/c1-12-11-13(7-8-16(12)21-2)23(19,20)18-15-9-10-22-17-6-4-3-5-14(15)17/h3-8,11,15,18H,9-10H2,1-2H3/t15-/m0/s1. The molecule has 0 amide bonds. The summed E-state index contributed by atoms with van der Waals surface area (Å²) in [5.41, 5.74) is 1.65. The number of hydrogen-bond donors (Lipinski definition) is 1. The highest BCUT2D eigenvalue weighted by molar-refractivity contribution is 7.89. The van der Waals surface area contributed by atoms with Crippen molar-refractivity contribution in [2.24, 2.45) is 0 Å². The van der Waals surface area contributed by atoms with Gasteiger partial charge >= 0.3 is 0 Å². The molecule has 1 aliphatic heterocycles. The van der Waals surface area contributed by atoms with Crippen molar-refractivity contribution in [3.05, 3.63) is 53.6 Å². The molecule has 0 unspecified atom stereocenters. The van der Waals surface area contributed by atoms with Gasteiger partial charge in [-0.3, -0.25) is 0 Å². The van der Waals surface area contributed by atoms with Crippen LogP contribution in [0.25, 0.3) is 0 Å². The lowest BCUT2D eigenvalue weighted by molar-refractivity contribution is 0.263. The molecule has 1 atom stereocenters. The molecule has 1 aliphatic rings. The lowest BCUT2D eigenvalue weighted by Gasteiger charge is -2.26. The normalized spacial score (nSPS) is 17.2. The molecule has 5 nitrogen and oxygen atoms in total. The minimum Gasteiger partial charge on any atom is -0.496 e. The van der Waals surface area contributed by atoms with E-state index in [0.29, 0.717) is 18.8 Å². The zero-order valence-electron chi connectivity index (χ0n) is 13.1. The van der Waals surface area contributed by atoms with Crippen molar-refractivity contribution in [3.8, 4) is 11.5 Å². The molecule has 1 heterocycles. The molecule has 0 bridgehead atoms. The van der Waals surface area contributed by atoms with Crippen LogP contribution in [-0.2, 0) is 10.0 Å². The molecule has 0 fully saturated rings. The number of nitrogens with one attached hydrogen (secondary N) is 1. The molecule has 0 aromatic heterocycles. The molecular weight excluding hydrogens is 314 g/mol. The van der Waals surface area contributed by atoms with E-state index in [1.807, 2.05) is 31.2 Å². The first-order valence-electron chi connectivity index (χ1n) is 7.40. The first-order chi connectivity index (χ1) is 11.0. The maximum Gasteiger partial charge on any atom is 0.241 e.